The Hall–Kier alpha value is -2.04. The van der Waals surface area contributed by atoms with Crippen LogP contribution >= 0.6 is 23.4 Å². The van der Waals surface area contributed by atoms with Crippen molar-refractivity contribution in [3.63, 3.8) is 0 Å². The summed E-state index contributed by atoms with van der Waals surface area (Å²) in [5, 5.41) is 1.72. The molecule has 3 nitrogen and oxygen atoms in total. The number of hydrogen-bond acceptors (Lipinski definition) is 3. The van der Waals surface area contributed by atoms with Crippen LogP contribution in [0, 0.1) is 0 Å². The molecule has 1 heterocycles. The highest BCUT2D eigenvalue weighted by molar-refractivity contribution is 8.14. The SMILES string of the molecule is C[C@@H]1CN(C(=O)/C=C/c2ccccc2)C(=Nc2ccc(Cl)cc2)S1. The molecule has 0 N–H and O–H groups in total. The van der Waals surface area contributed by atoms with E-state index in [1.54, 1.807) is 34.9 Å². The topological polar surface area (TPSA) is 32.7 Å². The third-order valence-electron chi connectivity index (χ3n) is 3.51. The van der Waals surface area contributed by atoms with Crippen molar-refractivity contribution in [2.24, 2.45) is 4.99 Å². The van der Waals surface area contributed by atoms with Gasteiger partial charge in [-0.15, -0.1) is 0 Å². The molecule has 2 aromatic carbocycles. The predicted molar refractivity (Wildman–Crippen MR) is 103 cm³/mol. The molecule has 1 atom stereocenters. The normalized spacial score (nSPS) is 19.3. The summed E-state index contributed by atoms with van der Waals surface area (Å²) < 4.78 is 0. The van der Waals surface area contributed by atoms with Gasteiger partial charge in [0.15, 0.2) is 5.17 Å². The molecule has 1 aliphatic rings. The Morgan fingerprint density at radius 2 is 1.92 bits per heavy atom. The summed E-state index contributed by atoms with van der Waals surface area (Å²) in [6.45, 7) is 2.76. The van der Waals surface area contributed by atoms with Crippen LogP contribution in [0.15, 0.2) is 65.7 Å². The number of aliphatic imine (C=N–C) groups is 1. The van der Waals surface area contributed by atoms with E-state index in [1.807, 2.05) is 48.5 Å². The molecule has 122 valence electrons. The van der Waals surface area contributed by atoms with E-state index in [9.17, 15) is 4.79 Å². The Bertz CT molecular complexity index is 772. The van der Waals surface area contributed by atoms with E-state index < -0.39 is 0 Å². The van der Waals surface area contributed by atoms with E-state index in [0.717, 1.165) is 16.4 Å². The minimum atomic E-state index is -0.0524. The highest BCUT2D eigenvalue weighted by Crippen LogP contribution is 2.29. The quantitative estimate of drug-likeness (QED) is 0.724. The molecule has 3 rings (SSSR count). The molecule has 0 aromatic heterocycles. The van der Waals surface area contributed by atoms with Gasteiger partial charge < -0.3 is 0 Å². The van der Waals surface area contributed by atoms with Crippen molar-refractivity contribution in [1.29, 1.82) is 0 Å². The van der Waals surface area contributed by atoms with Gasteiger partial charge in [-0.2, -0.15) is 0 Å². The lowest BCUT2D eigenvalue weighted by Gasteiger charge is -2.13. The van der Waals surface area contributed by atoms with E-state index in [0.29, 0.717) is 16.8 Å². The third-order valence-corrected chi connectivity index (χ3v) is 4.84. The summed E-state index contributed by atoms with van der Waals surface area (Å²) in [6, 6.07) is 17.1. The van der Waals surface area contributed by atoms with Gasteiger partial charge in [0.1, 0.15) is 0 Å². The van der Waals surface area contributed by atoms with Crippen molar-refractivity contribution >= 4 is 46.2 Å². The van der Waals surface area contributed by atoms with Crippen molar-refractivity contribution < 1.29 is 4.79 Å². The minimum Gasteiger partial charge on any atom is -0.287 e. The highest BCUT2D eigenvalue weighted by atomic mass is 35.5. The number of nitrogens with zero attached hydrogens (tertiary/aromatic N) is 2. The third kappa shape index (κ3) is 4.28. The first-order chi connectivity index (χ1) is 11.6. The number of rotatable bonds is 3. The number of amides is 1. The van der Waals surface area contributed by atoms with Crippen molar-refractivity contribution in [2.75, 3.05) is 6.54 Å². The number of amidine groups is 1. The Morgan fingerprint density at radius 1 is 1.21 bits per heavy atom. The molecule has 2 aromatic rings. The fraction of sp³-hybridized carbons (Fsp3) is 0.158. The second-order valence-electron chi connectivity index (χ2n) is 5.49. The van der Waals surface area contributed by atoms with E-state index >= 15 is 0 Å². The number of hydrogen-bond donors (Lipinski definition) is 0. The van der Waals surface area contributed by atoms with Crippen LogP contribution in [0.2, 0.25) is 5.02 Å². The molecule has 0 saturated carbocycles. The molecule has 5 heteroatoms. The van der Waals surface area contributed by atoms with Gasteiger partial charge in [0.2, 0.25) is 0 Å². The first-order valence-corrected chi connectivity index (χ1v) is 8.93. The van der Waals surface area contributed by atoms with Crippen LogP contribution in [0.1, 0.15) is 12.5 Å². The van der Waals surface area contributed by atoms with Crippen LogP contribution < -0.4 is 0 Å². The van der Waals surface area contributed by atoms with Gasteiger partial charge in [0, 0.05) is 22.9 Å². The summed E-state index contributed by atoms with van der Waals surface area (Å²) in [5.41, 5.74) is 1.79. The van der Waals surface area contributed by atoms with E-state index in [1.165, 1.54) is 0 Å². The summed E-state index contributed by atoms with van der Waals surface area (Å²) >= 11 is 7.51. The number of benzene rings is 2. The number of carbonyl (C=O) groups excluding carboxylic acids is 1. The average Bonchev–Trinajstić information content (AvgIpc) is 2.96. The van der Waals surface area contributed by atoms with Crippen molar-refractivity contribution in [3.05, 3.63) is 71.3 Å². The maximum Gasteiger partial charge on any atom is 0.252 e. The lowest BCUT2D eigenvalue weighted by molar-refractivity contribution is -0.122. The number of thioether (sulfide) groups is 1. The van der Waals surface area contributed by atoms with Crippen LogP contribution in [0.25, 0.3) is 6.08 Å². The molecular formula is C19H17ClN2OS. The van der Waals surface area contributed by atoms with Crippen LogP contribution in [-0.2, 0) is 4.79 Å². The Morgan fingerprint density at radius 3 is 2.62 bits per heavy atom. The van der Waals surface area contributed by atoms with Crippen LogP contribution in [-0.4, -0.2) is 27.8 Å². The zero-order chi connectivity index (χ0) is 16.9. The summed E-state index contributed by atoms with van der Waals surface area (Å²) in [7, 11) is 0. The van der Waals surface area contributed by atoms with Gasteiger partial charge in [-0.05, 0) is 35.9 Å². The Labute approximate surface area is 151 Å². The van der Waals surface area contributed by atoms with Gasteiger partial charge in [-0.25, -0.2) is 4.99 Å². The zero-order valence-electron chi connectivity index (χ0n) is 13.2. The predicted octanol–water partition coefficient (Wildman–Crippen LogP) is 5.00. The Balaban J connectivity index is 1.78. The first kappa shape index (κ1) is 16.8. The standard InChI is InChI=1S/C19H17ClN2OS/c1-14-13-22(18(23)12-7-15-5-3-2-4-6-15)19(24-14)21-17-10-8-16(20)9-11-17/h2-12,14H,13H2,1H3/b12-7+,21-19?/t14-/m1/s1. The number of carbonyl (C=O) groups is 1. The largest absolute Gasteiger partial charge is 0.287 e. The van der Waals surface area contributed by atoms with Gasteiger partial charge in [0.05, 0.1) is 5.69 Å². The fourth-order valence-corrected chi connectivity index (χ4v) is 3.49. The zero-order valence-corrected chi connectivity index (χ0v) is 14.8. The van der Waals surface area contributed by atoms with Crippen molar-refractivity contribution in [3.8, 4) is 0 Å². The van der Waals surface area contributed by atoms with Gasteiger partial charge in [0.25, 0.3) is 5.91 Å². The molecule has 0 bridgehead atoms. The van der Waals surface area contributed by atoms with Gasteiger partial charge in [-0.3, -0.25) is 9.69 Å². The van der Waals surface area contributed by atoms with E-state index in [4.69, 9.17) is 11.6 Å². The molecular weight excluding hydrogens is 340 g/mol. The van der Waals surface area contributed by atoms with Gasteiger partial charge >= 0.3 is 0 Å². The molecule has 1 fully saturated rings. The lowest BCUT2D eigenvalue weighted by atomic mass is 10.2. The molecule has 1 saturated heterocycles. The summed E-state index contributed by atoms with van der Waals surface area (Å²) in [5.74, 6) is -0.0524. The molecule has 0 unspecified atom stereocenters. The molecule has 1 amide bonds. The summed E-state index contributed by atoms with van der Waals surface area (Å²) in [4.78, 5) is 18.9. The molecule has 0 aliphatic carbocycles. The lowest BCUT2D eigenvalue weighted by Crippen LogP contribution is -2.30. The van der Waals surface area contributed by atoms with Crippen molar-refractivity contribution in [2.45, 2.75) is 12.2 Å². The molecule has 24 heavy (non-hydrogen) atoms. The van der Waals surface area contributed by atoms with Crippen molar-refractivity contribution in [1.82, 2.24) is 4.90 Å². The fourth-order valence-electron chi connectivity index (χ4n) is 2.33. The maximum atomic E-state index is 12.5. The van der Waals surface area contributed by atoms with Crippen LogP contribution in [0.5, 0.6) is 0 Å². The van der Waals surface area contributed by atoms with E-state index in [2.05, 4.69) is 11.9 Å². The first-order valence-electron chi connectivity index (χ1n) is 7.67. The van der Waals surface area contributed by atoms with Gasteiger partial charge in [-0.1, -0.05) is 60.6 Å². The van der Waals surface area contributed by atoms with Crippen LogP contribution in [0.4, 0.5) is 5.69 Å². The summed E-state index contributed by atoms with van der Waals surface area (Å²) in [6.07, 6.45) is 3.43. The smallest absolute Gasteiger partial charge is 0.252 e. The maximum absolute atomic E-state index is 12.5. The number of halogens is 1. The minimum absolute atomic E-state index is 0.0524. The average molecular weight is 357 g/mol. The Kier molecular flexibility index (Phi) is 5.38. The molecule has 0 radical (unpaired) electrons. The second-order valence-corrected chi connectivity index (χ2v) is 7.33. The molecule has 0 spiro atoms. The van der Waals surface area contributed by atoms with Crippen LogP contribution in [0.3, 0.4) is 0 Å². The highest BCUT2D eigenvalue weighted by Gasteiger charge is 2.29. The molecule has 1 aliphatic heterocycles. The second kappa shape index (κ2) is 7.69. The monoisotopic (exact) mass is 356 g/mol. The van der Waals surface area contributed by atoms with E-state index in [-0.39, 0.29) is 5.91 Å².